The van der Waals surface area contributed by atoms with Gasteiger partial charge in [0.15, 0.2) is 0 Å². The highest BCUT2D eigenvalue weighted by molar-refractivity contribution is 7.89. The zero-order chi connectivity index (χ0) is 21.9. The van der Waals surface area contributed by atoms with Gasteiger partial charge in [0, 0.05) is 12.2 Å². The number of sulfonamides is 1. The maximum Gasteiger partial charge on any atom is 0.258 e. The van der Waals surface area contributed by atoms with Crippen molar-refractivity contribution in [1.29, 1.82) is 0 Å². The Morgan fingerprint density at radius 3 is 2.33 bits per heavy atom. The van der Waals surface area contributed by atoms with Crippen LogP contribution in [0.15, 0.2) is 65.6 Å². The van der Waals surface area contributed by atoms with Crippen LogP contribution in [0.25, 0.3) is 0 Å². The van der Waals surface area contributed by atoms with Crippen molar-refractivity contribution < 1.29 is 17.6 Å². The zero-order valence-electron chi connectivity index (χ0n) is 15.7. The molecule has 1 amide bonds. The largest absolute Gasteiger partial charge is 0.322 e. The molecule has 0 atom stereocenters. The van der Waals surface area contributed by atoms with Crippen molar-refractivity contribution in [1.82, 2.24) is 4.72 Å². The molecule has 156 valence electrons. The van der Waals surface area contributed by atoms with Gasteiger partial charge < -0.3 is 5.32 Å². The topological polar surface area (TPSA) is 75.3 Å². The minimum atomic E-state index is -3.96. The molecular weight excluding hydrogens is 450 g/mol. The summed E-state index contributed by atoms with van der Waals surface area (Å²) in [6, 6.07) is 14.7. The molecule has 3 aromatic rings. The summed E-state index contributed by atoms with van der Waals surface area (Å²) >= 11 is 11.7. The lowest BCUT2D eigenvalue weighted by Crippen LogP contribution is -2.24. The van der Waals surface area contributed by atoms with E-state index in [0.717, 1.165) is 29.3 Å². The second-order valence-corrected chi connectivity index (χ2v) is 9.12. The highest BCUT2D eigenvalue weighted by Gasteiger charge is 2.20. The Bertz CT molecular complexity index is 1200. The van der Waals surface area contributed by atoms with Gasteiger partial charge in [-0.3, -0.25) is 4.79 Å². The number of nitrogens with one attached hydrogen (secondary N) is 2. The van der Waals surface area contributed by atoms with Crippen LogP contribution in [0.3, 0.4) is 0 Å². The van der Waals surface area contributed by atoms with E-state index in [9.17, 15) is 17.6 Å². The van der Waals surface area contributed by atoms with Gasteiger partial charge in [0.05, 0.1) is 20.5 Å². The number of anilines is 1. The van der Waals surface area contributed by atoms with Crippen LogP contribution in [0, 0.1) is 12.7 Å². The predicted molar refractivity (Wildman–Crippen MR) is 116 cm³/mol. The van der Waals surface area contributed by atoms with E-state index in [1.54, 1.807) is 12.1 Å². The lowest BCUT2D eigenvalue weighted by Gasteiger charge is -2.11. The van der Waals surface area contributed by atoms with E-state index in [1.165, 1.54) is 18.2 Å². The molecule has 3 aromatic carbocycles. The Morgan fingerprint density at radius 2 is 1.67 bits per heavy atom. The molecular formula is C21H17Cl2FN2O3S. The molecule has 0 aliphatic carbocycles. The molecule has 0 bridgehead atoms. The van der Waals surface area contributed by atoms with Crippen LogP contribution >= 0.6 is 23.2 Å². The predicted octanol–water partition coefficient (Wildman–Crippen LogP) is 5.17. The molecule has 0 aliphatic rings. The van der Waals surface area contributed by atoms with Crippen molar-refractivity contribution in [2.24, 2.45) is 0 Å². The van der Waals surface area contributed by atoms with Crippen LogP contribution < -0.4 is 10.0 Å². The van der Waals surface area contributed by atoms with Crippen LogP contribution in [0.2, 0.25) is 10.0 Å². The zero-order valence-corrected chi connectivity index (χ0v) is 18.1. The Balaban J connectivity index is 1.79. The fraction of sp³-hybridized carbons (Fsp3) is 0.0952. The first kappa shape index (κ1) is 22.2. The van der Waals surface area contributed by atoms with Crippen molar-refractivity contribution in [3.63, 3.8) is 0 Å². The molecule has 9 heteroatoms. The number of aryl methyl sites for hydroxylation is 1. The van der Waals surface area contributed by atoms with E-state index in [0.29, 0.717) is 10.7 Å². The second-order valence-electron chi connectivity index (χ2n) is 6.53. The van der Waals surface area contributed by atoms with Crippen LogP contribution in [0.4, 0.5) is 10.1 Å². The standard InChI is InChI=1S/C21H17Cl2FN2O3S/c1-13-2-4-14(5-3-13)12-25-30(28,29)16-7-9-20(24)17(11-16)21(27)26-15-6-8-18(22)19(23)10-15/h2-11,25H,12H2,1H3,(H,26,27). The third-order valence-electron chi connectivity index (χ3n) is 4.26. The van der Waals surface area contributed by atoms with Gasteiger partial charge in [-0.15, -0.1) is 0 Å². The van der Waals surface area contributed by atoms with E-state index in [1.807, 2.05) is 19.1 Å². The maximum absolute atomic E-state index is 14.2. The highest BCUT2D eigenvalue weighted by atomic mass is 35.5. The SMILES string of the molecule is Cc1ccc(CNS(=O)(=O)c2ccc(F)c(C(=O)Nc3ccc(Cl)c(Cl)c3)c2)cc1. The van der Waals surface area contributed by atoms with E-state index in [-0.39, 0.29) is 16.5 Å². The van der Waals surface area contributed by atoms with E-state index in [2.05, 4.69) is 10.0 Å². The third kappa shape index (κ3) is 5.37. The number of carbonyl (C=O) groups excluding carboxylic acids is 1. The molecule has 0 heterocycles. The summed E-state index contributed by atoms with van der Waals surface area (Å²) in [6.45, 7) is 1.99. The third-order valence-corrected chi connectivity index (χ3v) is 6.40. The molecule has 2 N–H and O–H groups in total. The van der Waals surface area contributed by atoms with Crippen LogP contribution in [0.5, 0.6) is 0 Å². The number of rotatable bonds is 6. The molecule has 30 heavy (non-hydrogen) atoms. The molecule has 0 aromatic heterocycles. The first-order valence-electron chi connectivity index (χ1n) is 8.77. The smallest absolute Gasteiger partial charge is 0.258 e. The van der Waals surface area contributed by atoms with Gasteiger partial charge in [-0.2, -0.15) is 0 Å². The van der Waals surface area contributed by atoms with Gasteiger partial charge in [-0.25, -0.2) is 17.5 Å². The molecule has 0 fully saturated rings. The summed E-state index contributed by atoms with van der Waals surface area (Å²) < 4.78 is 41.9. The molecule has 0 spiro atoms. The number of carbonyl (C=O) groups is 1. The number of hydrogen-bond acceptors (Lipinski definition) is 3. The summed E-state index contributed by atoms with van der Waals surface area (Å²) in [5.41, 5.74) is 1.69. The first-order chi connectivity index (χ1) is 14.2. The number of benzene rings is 3. The van der Waals surface area contributed by atoms with Crippen LogP contribution in [-0.4, -0.2) is 14.3 Å². The molecule has 0 radical (unpaired) electrons. The van der Waals surface area contributed by atoms with E-state index >= 15 is 0 Å². The normalized spacial score (nSPS) is 11.3. The quantitative estimate of drug-likeness (QED) is 0.525. The van der Waals surface area contributed by atoms with Gasteiger partial charge in [-0.05, 0) is 48.9 Å². The summed E-state index contributed by atoms with van der Waals surface area (Å²) in [4.78, 5) is 12.3. The van der Waals surface area contributed by atoms with Crippen LogP contribution in [-0.2, 0) is 16.6 Å². The van der Waals surface area contributed by atoms with E-state index in [4.69, 9.17) is 23.2 Å². The van der Waals surface area contributed by atoms with Gasteiger partial charge in [0.2, 0.25) is 10.0 Å². The minimum absolute atomic E-state index is 0.0603. The average molecular weight is 467 g/mol. The molecule has 5 nitrogen and oxygen atoms in total. The van der Waals surface area contributed by atoms with Gasteiger partial charge in [0.25, 0.3) is 5.91 Å². The molecule has 3 rings (SSSR count). The monoisotopic (exact) mass is 466 g/mol. The van der Waals surface area contributed by atoms with Crippen LogP contribution in [0.1, 0.15) is 21.5 Å². The van der Waals surface area contributed by atoms with Crippen molar-refractivity contribution in [2.75, 3.05) is 5.32 Å². The summed E-state index contributed by atoms with van der Waals surface area (Å²) in [5.74, 6) is -1.67. The summed E-state index contributed by atoms with van der Waals surface area (Å²) in [5, 5.41) is 2.99. The molecule has 0 aliphatic heterocycles. The van der Waals surface area contributed by atoms with Crippen molar-refractivity contribution in [3.05, 3.63) is 93.2 Å². The Labute approximate surface area is 183 Å². The van der Waals surface area contributed by atoms with Gasteiger partial charge in [0.1, 0.15) is 5.82 Å². The van der Waals surface area contributed by atoms with Crippen molar-refractivity contribution in [2.45, 2.75) is 18.4 Å². The molecule has 0 unspecified atom stereocenters. The van der Waals surface area contributed by atoms with Crippen molar-refractivity contribution >= 4 is 44.8 Å². The fourth-order valence-electron chi connectivity index (χ4n) is 2.59. The van der Waals surface area contributed by atoms with Crippen molar-refractivity contribution in [3.8, 4) is 0 Å². The van der Waals surface area contributed by atoms with E-state index < -0.39 is 27.3 Å². The number of amides is 1. The first-order valence-corrected chi connectivity index (χ1v) is 11.0. The lowest BCUT2D eigenvalue weighted by molar-refractivity contribution is 0.102. The maximum atomic E-state index is 14.2. The minimum Gasteiger partial charge on any atom is -0.322 e. The molecule has 0 saturated heterocycles. The number of halogens is 3. The highest BCUT2D eigenvalue weighted by Crippen LogP contribution is 2.25. The summed E-state index contributed by atoms with van der Waals surface area (Å²) in [6.07, 6.45) is 0. The Morgan fingerprint density at radius 1 is 0.967 bits per heavy atom. The average Bonchev–Trinajstić information content (AvgIpc) is 2.70. The fourth-order valence-corrected chi connectivity index (χ4v) is 3.93. The van der Waals surface area contributed by atoms with Gasteiger partial charge in [-0.1, -0.05) is 53.0 Å². The van der Waals surface area contributed by atoms with Gasteiger partial charge >= 0.3 is 0 Å². The lowest BCUT2D eigenvalue weighted by atomic mass is 10.2. The number of hydrogen-bond donors (Lipinski definition) is 2. The Hall–Kier alpha value is -2.45. The Kier molecular flexibility index (Phi) is 6.77. The summed E-state index contributed by atoms with van der Waals surface area (Å²) in [7, 11) is -3.96. The molecule has 0 saturated carbocycles. The second kappa shape index (κ2) is 9.14.